The number of hydrogen-bond donors (Lipinski definition) is 2. The lowest BCUT2D eigenvalue weighted by Crippen LogP contribution is -2.40. The molecule has 0 saturated carbocycles. The summed E-state index contributed by atoms with van der Waals surface area (Å²) in [7, 11) is 0. The summed E-state index contributed by atoms with van der Waals surface area (Å²) >= 11 is 0. The first kappa shape index (κ1) is 20.2. The molecule has 1 unspecified atom stereocenters. The number of amides is 1. The Balaban J connectivity index is 1.39. The third kappa shape index (κ3) is 4.90. The molecular formula is C23H27N3O4. The molecule has 4 rings (SSSR count). The average molecular weight is 409 g/mol. The molecule has 1 amide bonds. The molecule has 7 heteroatoms. The smallest absolute Gasteiger partial charge is 0.341 e. The van der Waals surface area contributed by atoms with Crippen LogP contribution in [0.1, 0.15) is 40.9 Å². The number of ether oxygens (including phenoxy) is 1. The van der Waals surface area contributed by atoms with Crippen molar-refractivity contribution >= 4 is 17.7 Å². The molecule has 1 fully saturated rings. The van der Waals surface area contributed by atoms with Crippen molar-refractivity contribution in [2.45, 2.75) is 32.1 Å². The number of nitrogens with zero attached hydrogens (tertiary/aromatic N) is 2. The number of aryl methyl sites for hydroxylation is 1. The average Bonchev–Trinajstić information content (AvgIpc) is 2.77. The Labute approximate surface area is 176 Å². The van der Waals surface area contributed by atoms with Crippen LogP contribution in [0, 0.1) is 5.92 Å². The fourth-order valence-electron chi connectivity index (χ4n) is 4.24. The van der Waals surface area contributed by atoms with Gasteiger partial charge >= 0.3 is 5.97 Å². The summed E-state index contributed by atoms with van der Waals surface area (Å²) in [5.41, 5.74) is 2.89. The lowest BCUT2D eigenvalue weighted by atomic mass is 9.92. The Hall–Kier alpha value is -3.09. The van der Waals surface area contributed by atoms with Crippen LogP contribution in [0.25, 0.3) is 0 Å². The molecule has 1 atom stereocenters. The number of piperidine rings is 1. The molecule has 0 aliphatic carbocycles. The van der Waals surface area contributed by atoms with Gasteiger partial charge in [0.15, 0.2) is 6.61 Å². The molecule has 2 N–H and O–H groups in total. The predicted octanol–water partition coefficient (Wildman–Crippen LogP) is 3.00. The number of fused-ring (bicyclic) bond motifs is 1. The van der Waals surface area contributed by atoms with Crippen molar-refractivity contribution < 1.29 is 19.4 Å². The second-order valence-corrected chi connectivity index (χ2v) is 8.01. The maximum Gasteiger partial charge on any atom is 0.341 e. The van der Waals surface area contributed by atoms with Crippen LogP contribution in [0.4, 0.5) is 5.82 Å². The van der Waals surface area contributed by atoms with Gasteiger partial charge in [0.1, 0.15) is 11.6 Å². The number of likely N-dealkylation sites (tertiary alicyclic amines) is 1. The van der Waals surface area contributed by atoms with Crippen LogP contribution in [-0.2, 0) is 17.6 Å². The van der Waals surface area contributed by atoms with Crippen molar-refractivity contribution in [1.82, 2.24) is 9.88 Å². The van der Waals surface area contributed by atoms with Gasteiger partial charge in [-0.2, -0.15) is 0 Å². The van der Waals surface area contributed by atoms with Gasteiger partial charge in [-0.1, -0.05) is 12.1 Å². The summed E-state index contributed by atoms with van der Waals surface area (Å²) in [6, 6.07) is 11.0. The van der Waals surface area contributed by atoms with E-state index in [2.05, 4.69) is 17.4 Å². The van der Waals surface area contributed by atoms with Crippen LogP contribution in [0.5, 0.6) is 5.75 Å². The fourth-order valence-corrected chi connectivity index (χ4v) is 4.24. The van der Waals surface area contributed by atoms with Gasteiger partial charge in [0.25, 0.3) is 5.91 Å². The molecule has 158 valence electrons. The number of carbonyl (C=O) groups is 2. The van der Waals surface area contributed by atoms with Crippen LogP contribution < -0.4 is 10.1 Å². The first-order chi connectivity index (χ1) is 14.6. The number of rotatable bonds is 6. The molecular weight excluding hydrogens is 382 g/mol. The van der Waals surface area contributed by atoms with E-state index in [1.807, 2.05) is 4.90 Å². The van der Waals surface area contributed by atoms with Gasteiger partial charge in [-0.3, -0.25) is 4.79 Å². The van der Waals surface area contributed by atoms with E-state index < -0.39 is 12.6 Å². The minimum atomic E-state index is -1.04. The summed E-state index contributed by atoms with van der Waals surface area (Å²) in [5, 5.41) is 12.2. The number of carbonyl (C=O) groups excluding carboxylic acids is 1. The minimum Gasteiger partial charge on any atom is -0.482 e. The van der Waals surface area contributed by atoms with Crippen molar-refractivity contribution in [3.8, 4) is 5.75 Å². The second-order valence-electron chi connectivity index (χ2n) is 8.01. The number of carboxylic acid groups (broad SMARTS) is 1. The third-order valence-electron chi connectivity index (χ3n) is 5.70. The normalized spacial score (nSPS) is 18.3. The molecule has 1 saturated heterocycles. The molecule has 0 radical (unpaired) electrons. The highest BCUT2D eigenvalue weighted by Crippen LogP contribution is 2.25. The molecule has 2 aliphatic heterocycles. The van der Waals surface area contributed by atoms with Crippen molar-refractivity contribution in [2.24, 2.45) is 5.92 Å². The highest BCUT2D eigenvalue weighted by molar-refractivity contribution is 5.94. The van der Waals surface area contributed by atoms with Gasteiger partial charge in [0, 0.05) is 30.9 Å². The van der Waals surface area contributed by atoms with Crippen LogP contribution in [0.2, 0.25) is 0 Å². The van der Waals surface area contributed by atoms with Crippen molar-refractivity contribution in [1.29, 1.82) is 0 Å². The lowest BCUT2D eigenvalue weighted by Gasteiger charge is -2.33. The topological polar surface area (TPSA) is 91.8 Å². The highest BCUT2D eigenvalue weighted by Gasteiger charge is 2.25. The number of aromatic nitrogens is 1. The molecule has 2 aromatic rings. The van der Waals surface area contributed by atoms with Crippen molar-refractivity contribution in [3.63, 3.8) is 0 Å². The molecule has 0 bridgehead atoms. The number of carboxylic acids is 1. The molecule has 2 aliphatic rings. The lowest BCUT2D eigenvalue weighted by molar-refractivity contribution is -0.139. The molecule has 3 heterocycles. The molecule has 1 aromatic heterocycles. The largest absolute Gasteiger partial charge is 0.482 e. The molecule has 7 nitrogen and oxygen atoms in total. The van der Waals surface area contributed by atoms with E-state index >= 15 is 0 Å². The van der Waals surface area contributed by atoms with Gasteiger partial charge < -0.3 is 20.1 Å². The Morgan fingerprint density at radius 3 is 3.00 bits per heavy atom. The van der Waals surface area contributed by atoms with E-state index in [1.165, 1.54) is 5.56 Å². The quantitative estimate of drug-likeness (QED) is 0.762. The Morgan fingerprint density at radius 2 is 2.13 bits per heavy atom. The van der Waals surface area contributed by atoms with Crippen molar-refractivity contribution in [3.05, 3.63) is 53.2 Å². The summed E-state index contributed by atoms with van der Waals surface area (Å²) in [5.74, 6) is 0.698. The van der Waals surface area contributed by atoms with Crippen molar-refractivity contribution in [2.75, 3.05) is 31.6 Å². The van der Waals surface area contributed by atoms with Crippen LogP contribution in [0.15, 0.2) is 36.4 Å². The zero-order valence-corrected chi connectivity index (χ0v) is 17.0. The molecule has 0 spiro atoms. The number of anilines is 1. The summed E-state index contributed by atoms with van der Waals surface area (Å²) in [6.45, 7) is 1.98. The van der Waals surface area contributed by atoms with Crippen LogP contribution >= 0.6 is 0 Å². The number of benzene rings is 1. The molecule has 30 heavy (non-hydrogen) atoms. The standard InChI is InChI=1S/C23H27N3O4/c27-21(28)15-30-20-7-1-5-18(13-20)23(29)26-11-3-4-16(14-26)12-19-9-8-17-6-2-10-24-22(17)25-19/h1,5,7-9,13,16H,2-4,6,10-12,14-15H2,(H,24,25)(H,27,28). The van der Waals surface area contributed by atoms with Gasteiger partial charge in [0.05, 0.1) is 0 Å². The third-order valence-corrected chi connectivity index (χ3v) is 5.70. The fraction of sp³-hybridized carbons (Fsp3) is 0.435. The maximum absolute atomic E-state index is 13.0. The van der Waals surface area contributed by atoms with Gasteiger partial charge in [-0.05, 0) is 67.9 Å². The minimum absolute atomic E-state index is 0.0412. The zero-order valence-electron chi connectivity index (χ0n) is 17.0. The van der Waals surface area contributed by atoms with E-state index in [4.69, 9.17) is 14.8 Å². The number of pyridine rings is 1. The zero-order chi connectivity index (χ0) is 20.9. The monoisotopic (exact) mass is 409 g/mol. The van der Waals surface area contributed by atoms with E-state index in [-0.39, 0.29) is 5.91 Å². The SMILES string of the molecule is O=C(O)COc1cccc(C(=O)N2CCCC(Cc3ccc4c(n3)NCCC4)C2)c1. The predicted molar refractivity (Wildman–Crippen MR) is 113 cm³/mol. The summed E-state index contributed by atoms with van der Waals surface area (Å²) in [4.78, 5) is 30.4. The Bertz CT molecular complexity index is 930. The maximum atomic E-state index is 13.0. The van der Waals surface area contributed by atoms with E-state index in [1.54, 1.807) is 24.3 Å². The first-order valence-electron chi connectivity index (χ1n) is 10.5. The number of hydrogen-bond acceptors (Lipinski definition) is 5. The van der Waals surface area contributed by atoms with Gasteiger partial charge in [-0.15, -0.1) is 0 Å². The van der Waals surface area contributed by atoms with E-state index in [0.29, 0.717) is 23.8 Å². The van der Waals surface area contributed by atoms with Crippen LogP contribution in [-0.4, -0.2) is 53.1 Å². The van der Waals surface area contributed by atoms with Gasteiger partial charge in [0.2, 0.25) is 0 Å². The van der Waals surface area contributed by atoms with E-state index in [0.717, 1.165) is 56.7 Å². The first-order valence-corrected chi connectivity index (χ1v) is 10.5. The van der Waals surface area contributed by atoms with Crippen LogP contribution in [0.3, 0.4) is 0 Å². The number of nitrogens with one attached hydrogen (secondary N) is 1. The Morgan fingerprint density at radius 1 is 1.23 bits per heavy atom. The second kappa shape index (κ2) is 9.15. The van der Waals surface area contributed by atoms with E-state index in [9.17, 15) is 9.59 Å². The highest BCUT2D eigenvalue weighted by atomic mass is 16.5. The van der Waals surface area contributed by atoms with Gasteiger partial charge in [-0.25, -0.2) is 9.78 Å². The summed E-state index contributed by atoms with van der Waals surface area (Å²) in [6.07, 6.45) is 5.14. The summed E-state index contributed by atoms with van der Waals surface area (Å²) < 4.78 is 5.21. The molecule has 1 aromatic carbocycles. The number of aliphatic carboxylic acids is 1. The Kier molecular flexibility index (Phi) is 6.16.